The first-order valence-electron chi connectivity index (χ1n) is 4.88. The van der Waals surface area contributed by atoms with E-state index in [-0.39, 0.29) is 0 Å². The maximum absolute atomic E-state index is 5.88. The molecule has 0 aromatic rings. The Labute approximate surface area is 74.2 Å². The van der Waals surface area contributed by atoms with Crippen LogP contribution in [-0.2, 0) is 9.47 Å². The minimum Gasteiger partial charge on any atom is -0.384 e. The van der Waals surface area contributed by atoms with Gasteiger partial charge in [-0.15, -0.1) is 0 Å². The molecule has 2 saturated heterocycles. The molecule has 0 radical (unpaired) electrons. The molecule has 0 saturated carbocycles. The second-order valence-corrected chi connectivity index (χ2v) is 4.31. The summed E-state index contributed by atoms with van der Waals surface area (Å²) in [6.45, 7) is 5.48. The third-order valence-electron chi connectivity index (χ3n) is 3.65. The number of hydrogen-bond acceptors (Lipinski definition) is 2. The normalized spacial score (nSPS) is 51.8. The van der Waals surface area contributed by atoms with Crippen LogP contribution in [0.3, 0.4) is 0 Å². The van der Waals surface area contributed by atoms with Gasteiger partial charge in [0.25, 0.3) is 0 Å². The summed E-state index contributed by atoms with van der Waals surface area (Å²) in [7, 11) is 1.78. The highest BCUT2D eigenvalue weighted by molar-refractivity contribution is 4.97. The Bertz CT molecular complexity index is 167. The summed E-state index contributed by atoms with van der Waals surface area (Å²) in [4.78, 5) is 0. The number of hydrogen-bond donors (Lipinski definition) is 0. The Morgan fingerprint density at radius 1 is 1.33 bits per heavy atom. The van der Waals surface area contributed by atoms with Crippen molar-refractivity contribution >= 4 is 0 Å². The SMILES string of the molecule is COCC1CC2OC1C(C)C2C. The predicted molar refractivity (Wildman–Crippen MR) is 47.0 cm³/mol. The summed E-state index contributed by atoms with van der Waals surface area (Å²) in [5, 5.41) is 0. The average molecular weight is 170 g/mol. The molecule has 5 unspecified atom stereocenters. The molecule has 2 aliphatic rings. The van der Waals surface area contributed by atoms with E-state index in [1.807, 2.05) is 0 Å². The molecule has 0 spiro atoms. The van der Waals surface area contributed by atoms with Crippen molar-refractivity contribution < 1.29 is 9.47 Å². The van der Waals surface area contributed by atoms with Gasteiger partial charge in [-0.2, -0.15) is 0 Å². The third-order valence-corrected chi connectivity index (χ3v) is 3.65. The summed E-state index contributed by atoms with van der Waals surface area (Å²) < 4.78 is 11.1. The minimum atomic E-state index is 0.477. The number of rotatable bonds is 2. The molecule has 2 heteroatoms. The molecule has 0 aliphatic carbocycles. The number of ether oxygens (including phenoxy) is 2. The molecule has 2 aliphatic heterocycles. The van der Waals surface area contributed by atoms with E-state index in [4.69, 9.17) is 9.47 Å². The lowest BCUT2D eigenvalue weighted by Crippen LogP contribution is -2.32. The molecule has 0 amide bonds. The zero-order valence-corrected chi connectivity index (χ0v) is 8.12. The molecule has 70 valence electrons. The smallest absolute Gasteiger partial charge is 0.0659 e. The molecule has 5 atom stereocenters. The van der Waals surface area contributed by atoms with Gasteiger partial charge in [0.05, 0.1) is 18.8 Å². The van der Waals surface area contributed by atoms with E-state index in [0.717, 1.165) is 18.4 Å². The van der Waals surface area contributed by atoms with Crippen molar-refractivity contribution in [3.63, 3.8) is 0 Å². The van der Waals surface area contributed by atoms with Crippen LogP contribution < -0.4 is 0 Å². The third kappa shape index (κ3) is 1.09. The molecule has 0 aromatic heterocycles. The van der Waals surface area contributed by atoms with E-state index in [1.165, 1.54) is 6.42 Å². The van der Waals surface area contributed by atoms with Crippen LogP contribution >= 0.6 is 0 Å². The van der Waals surface area contributed by atoms with E-state index in [9.17, 15) is 0 Å². The second-order valence-electron chi connectivity index (χ2n) is 4.31. The first kappa shape index (κ1) is 8.52. The Balaban J connectivity index is 2.00. The van der Waals surface area contributed by atoms with Crippen LogP contribution in [0.15, 0.2) is 0 Å². The van der Waals surface area contributed by atoms with Gasteiger partial charge in [-0.3, -0.25) is 0 Å². The van der Waals surface area contributed by atoms with Crippen molar-refractivity contribution in [3.05, 3.63) is 0 Å². The Hall–Kier alpha value is -0.0800. The van der Waals surface area contributed by atoms with E-state index in [2.05, 4.69) is 13.8 Å². The van der Waals surface area contributed by atoms with E-state index >= 15 is 0 Å². The molecular formula is C10H18O2. The second kappa shape index (κ2) is 3.00. The van der Waals surface area contributed by atoms with E-state index < -0.39 is 0 Å². The van der Waals surface area contributed by atoms with Gasteiger partial charge in [-0.25, -0.2) is 0 Å². The molecule has 0 N–H and O–H groups in total. The highest BCUT2D eigenvalue weighted by atomic mass is 16.5. The highest BCUT2D eigenvalue weighted by Gasteiger charge is 2.49. The molecule has 2 bridgehead atoms. The van der Waals surface area contributed by atoms with Gasteiger partial charge in [-0.1, -0.05) is 13.8 Å². The zero-order chi connectivity index (χ0) is 8.72. The monoisotopic (exact) mass is 170 g/mol. The molecule has 2 fully saturated rings. The van der Waals surface area contributed by atoms with Crippen molar-refractivity contribution in [2.45, 2.75) is 32.5 Å². The van der Waals surface area contributed by atoms with E-state index in [0.29, 0.717) is 18.1 Å². The zero-order valence-electron chi connectivity index (χ0n) is 8.12. The molecule has 2 rings (SSSR count). The predicted octanol–water partition coefficient (Wildman–Crippen LogP) is 1.69. The van der Waals surface area contributed by atoms with Gasteiger partial charge < -0.3 is 9.47 Å². The van der Waals surface area contributed by atoms with Gasteiger partial charge in [0.1, 0.15) is 0 Å². The van der Waals surface area contributed by atoms with Crippen molar-refractivity contribution in [1.29, 1.82) is 0 Å². The van der Waals surface area contributed by atoms with Gasteiger partial charge in [0.2, 0.25) is 0 Å². The Kier molecular flexibility index (Phi) is 2.13. The maximum Gasteiger partial charge on any atom is 0.0659 e. The van der Waals surface area contributed by atoms with Gasteiger partial charge >= 0.3 is 0 Å². The van der Waals surface area contributed by atoms with E-state index in [1.54, 1.807) is 7.11 Å². The summed E-state index contributed by atoms with van der Waals surface area (Å²) >= 11 is 0. The lowest BCUT2D eigenvalue weighted by atomic mass is 9.76. The first-order valence-corrected chi connectivity index (χ1v) is 4.88. The van der Waals surface area contributed by atoms with Crippen LogP contribution in [0.2, 0.25) is 0 Å². The summed E-state index contributed by atoms with van der Waals surface area (Å²) in [6, 6.07) is 0. The van der Waals surface area contributed by atoms with Gasteiger partial charge in [0.15, 0.2) is 0 Å². The van der Waals surface area contributed by atoms with Gasteiger partial charge in [0, 0.05) is 13.0 Å². The standard InChI is InChI=1S/C10H18O2/c1-6-7(2)10-8(5-11-3)4-9(6)12-10/h6-10H,4-5H2,1-3H3. The summed E-state index contributed by atoms with van der Waals surface area (Å²) in [6.07, 6.45) is 2.21. The van der Waals surface area contributed by atoms with Crippen LogP contribution in [0, 0.1) is 17.8 Å². The topological polar surface area (TPSA) is 18.5 Å². The summed E-state index contributed by atoms with van der Waals surface area (Å²) in [5.41, 5.74) is 0. The molecule has 2 nitrogen and oxygen atoms in total. The number of methoxy groups -OCH3 is 1. The largest absolute Gasteiger partial charge is 0.384 e. The lowest BCUT2D eigenvalue weighted by molar-refractivity contribution is 0.0532. The van der Waals surface area contributed by atoms with Crippen molar-refractivity contribution in [2.24, 2.45) is 17.8 Å². The Morgan fingerprint density at radius 2 is 2.08 bits per heavy atom. The Morgan fingerprint density at radius 3 is 2.58 bits per heavy atom. The fourth-order valence-corrected chi connectivity index (χ4v) is 2.71. The highest BCUT2D eigenvalue weighted by Crippen LogP contribution is 2.46. The fourth-order valence-electron chi connectivity index (χ4n) is 2.71. The molecule has 2 heterocycles. The van der Waals surface area contributed by atoms with Crippen LogP contribution in [-0.4, -0.2) is 25.9 Å². The molecular weight excluding hydrogens is 152 g/mol. The van der Waals surface area contributed by atoms with Crippen molar-refractivity contribution in [3.8, 4) is 0 Å². The molecule has 0 aromatic carbocycles. The fraction of sp³-hybridized carbons (Fsp3) is 1.00. The quantitative estimate of drug-likeness (QED) is 0.628. The summed E-state index contributed by atoms with van der Waals surface area (Å²) in [5.74, 6) is 2.14. The minimum absolute atomic E-state index is 0.477. The lowest BCUT2D eigenvalue weighted by Gasteiger charge is -2.27. The molecule has 12 heavy (non-hydrogen) atoms. The maximum atomic E-state index is 5.88. The average Bonchev–Trinajstić information content (AvgIpc) is 2.55. The first-order chi connectivity index (χ1) is 5.74. The van der Waals surface area contributed by atoms with Crippen LogP contribution in [0.25, 0.3) is 0 Å². The van der Waals surface area contributed by atoms with Crippen LogP contribution in [0.4, 0.5) is 0 Å². The van der Waals surface area contributed by atoms with Crippen molar-refractivity contribution in [1.82, 2.24) is 0 Å². The van der Waals surface area contributed by atoms with Crippen LogP contribution in [0.5, 0.6) is 0 Å². The number of fused-ring (bicyclic) bond motifs is 2. The van der Waals surface area contributed by atoms with Crippen molar-refractivity contribution in [2.75, 3.05) is 13.7 Å². The van der Waals surface area contributed by atoms with Crippen LogP contribution in [0.1, 0.15) is 20.3 Å². The van der Waals surface area contributed by atoms with Gasteiger partial charge in [-0.05, 0) is 18.3 Å².